The predicted octanol–water partition coefficient (Wildman–Crippen LogP) is 1.04. The Kier molecular flexibility index (Phi) is 7.59. The Hall–Kier alpha value is -1.10. The number of amides is 2. The molecule has 0 bridgehead atoms. The minimum Gasteiger partial charge on any atom is -0.354 e. The monoisotopic (exact) mass is 283 g/mol. The van der Waals surface area contributed by atoms with E-state index >= 15 is 0 Å². The van der Waals surface area contributed by atoms with Gasteiger partial charge in [-0.1, -0.05) is 13.8 Å². The summed E-state index contributed by atoms with van der Waals surface area (Å²) in [5, 5.41) is 8.95. The summed E-state index contributed by atoms with van der Waals surface area (Å²) >= 11 is 0. The van der Waals surface area contributed by atoms with E-state index in [0.717, 1.165) is 19.5 Å². The zero-order chi connectivity index (χ0) is 15.0. The lowest BCUT2D eigenvalue weighted by atomic mass is 9.85. The molecule has 0 aromatic rings. The van der Waals surface area contributed by atoms with Gasteiger partial charge in [-0.15, -0.1) is 0 Å². The second-order valence-electron chi connectivity index (χ2n) is 5.87. The van der Waals surface area contributed by atoms with E-state index in [9.17, 15) is 9.59 Å². The summed E-state index contributed by atoms with van der Waals surface area (Å²) < 4.78 is 0. The lowest BCUT2D eigenvalue weighted by Gasteiger charge is -2.28. The predicted molar refractivity (Wildman–Crippen MR) is 80.3 cm³/mol. The SMILES string of the molecule is CCCNC(=O)C(C)NC(=O)CC(C)C1CCCNC1. The molecule has 2 amide bonds. The average molecular weight is 283 g/mol. The normalized spacial score (nSPS) is 21.9. The first-order valence-electron chi connectivity index (χ1n) is 7.82. The molecular weight excluding hydrogens is 254 g/mol. The number of carbonyl (C=O) groups excluding carboxylic acids is 2. The van der Waals surface area contributed by atoms with Crippen LogP contribution in [0.15, 0.2) is 0 Å². The van der Waals surface area contributed by atoms with Crippen molar-refractivity contribution in [1.29, 1.82) is 0 Å². The molecule has 116 valence electrons. The van der Waals surface area contributed by atoms with Gasteiger partial charge in [0.05, 0.1) is 0 Å². The summed E-state index contributed by atoms with van der Waals surface area (Å²) in [5.41, 5.74) is 0. The summed E-state index contributed by atoms with van der Waals surface area (Å²) in [7, 11) is 0. The highest BCUT2D eigenvalue weighted by molar-refractivity contribution is 5.87. The maximum absolute atomic E-state index is 12.0. The van der Waals surface area contributed by atoms with Crippen LogP contribution < -0.4 is 16.0 Å². The topological polar surface area (TPSA) is 70.2 Å². The second kappa shape index (κ2) is 8.95. The van der Waals surface area contributed by atoms with Gasteiger partial charge in [-0.25, -0.2) is 0 Å². The number of rotatable bonds is 7. The van der Waals surface area contributed by atoms with Crippen LogP contribution in [0.2, 0.25) is 0 Å². The number of piperidine rings is 1. The molecule has 0 saturated carbocycles. The quantitative estimate of drug-likeness (QED) is 0.654. The molecule has 1 heterocycles. The molecule has 3 atom stereocenters. The zero-order valence-electron chi connectivity index (χ0n) is 13.0. The van der Waals surface area contributed by atoms with Crippen LogP contribution in [0.3, 0.4) is 0 Å². The average Bonchev–Trinajstić information content (AvgIpc) is 2.45. The van der Waals surface area contributed by atoms with E-state index in [4.69, 9.17) is 0 Å². The van der Waals surface area contributed by atoms with Crippen molar-refractivity contribution in [3.05, 3.63) is 0 Å². The van der Waals surface area contributed by atoms with Crippen LogP contribution in [0.4, 0.5) is 0 Å². The van der Waals surface area contributed by atoms with Crippen LogP contribution in [0, 0.1) is 11.8 Å². The van der Waals surface area contributed by atoms with Gasteiger partial charge in [-0.2, -0.15) is 0 Å². The van der Waals surface area contributed by atoms with E-state index in [0.29, 0.717) is 24.8 Å². The van der Waals surface area contributed by atoms with Gasteiger partial charge in [-0.3, -0.25) is 9.59 Å². The summed E-state index contributed by atoms with van der Waals surface area (Å²) in [5.74, 6) is 0.793. The van der Waals surface area contributed by atoms with Gasteiger partial charge in [0.1, 0.15) is 6.04 Å². The van der Waals surface area contributed by atoms with Crippen molar-refractivity contribution < 1.29 is 9.59 Å². The molecule has 0 aromatic carbocycles. The lowest BCUT2D eigenvalue weighted by molar-refractivity contribution is -0.129. The Morgan fingerprint density at radius 3 is 2.70 bits per heavy atom. The van der Waals surface area contributed by atoms with E-state index in [2.05, 4.69) is 22.9 Å². The Labute approximate surface area is 122 Å². The fraction of sp³-hybridized carbons (Fsp3) is 0.867. The first kappa shape index (κ1) is 17.0. The van der Waals surface area contributed by atoms with Crippen molar-refractivity contribution in [2.24, 2.45) is 11.8 Å². The van der Waals surface area contributed by atoms with Gasteiger partial charge in [0, 0.05) is 13.0 Å². The molecule has 1 fully saturated rings. The van der Waals surface area contributed by atoms with Crippen molar-refractivity contribution >= 4 is 11.8 Å². The largest absolute Gasteiger partial charge is 0.354 e. The summed E-state index contributed by atoms with van der Waals surface area (Å²) in [4.78, 5) is 23.7. The van der Waals surface area contributed by atoms with Gasteiger partial charge >= 0.3 is 0 Å². The zero-order valence-corrected chi connectivity index (χ0v) is 13.0. The smallest absolute Gasteiger partial charge is 0.242 e. The first-order valence-corrected chi connectivity index (χ1v) is 7.82. The van der Waals surface area contributed by atoms with E-state index in [-0.39, 0.29) is 11.8 Å². The van der Waals surface area contributed by atoms with Crippen LogP contribution in [0.25, 0.3) is 0 Å². The van der Waals surface area contributed by atoms with Gasteiger partial charge in [0.25, 0.3) is 0 Å². The lowest BCUT2D eigenvalue weighted by Crippen LogP contribution is -2.45. The molecule has 1 rings (SSSR count). The molecule has 0 spiro atoms. The Bertz CT molecular complexity index is 314. The van der Waals surface area contributed by atoms with Crippen molar-refractivity contribution in [3.8, 4) is 0 Å². The molecule has 5 heteroatoms. The molecule has 3 N–H and O–H groups in total. The minimum atomic E-state index is -0.453. The highest BCUT2D eigenvalue weighted by Gasteiger charge is 2.23. The first-order chi connectivity index (χ1) is 9.54. The molecule has 5 nitrogen and oxygen atoms in total. The summed E-state index contributed by atoms with van der Waals surface area (Å²) in [6.07, 6.45) is 3.77. The minimum absolute atomic E-state index is 0.0257. The molecule has 20 heavy (non-hydrogen) atoms. The standard InChI is InChI=1S/C15H29N3O2/c1-4-7-17-15(20)12(3)18-14(19)9-11(2)13-6-5-8-16-10-13/h11-13,16H,4-10H2,1-3H3,(H,17,20)(H,18,19). The van der Waals surface area contributed by atoms with Crippen LogP contribution in [-0.4, -0.2) is 37.5 Å². The molecule has 1 aliphatic rings. The Balaban J connectivity index is 2.29. The van der Waals surface area contributed by atoms with Gasteiger partial charge in [-0.05, 0) is 51.1 Å². The Morgan fingerprint density at radius 2 is 2.10 bits per heavy atom. The third kappa shape index (κ3) is 5.90. The van der Waals surface area contributed by atoms with E-state index in [1.54, 1.807) is 6.92 Å². The maximum atomic E-state index is 12.0. The Morgan fingerprint density at radius 1 is 1.35 bits per heavy atom. The fourth-order valence-electron chi connectivity index (χ4n) is 2.59. The van der Waals surface area contributed by atoms with Gasteiger partial charge in [0.15, 0.2) is 0 Å². The number of hydrogen-bond donors (Lipinski definition) is 3. The molecule has 3 unspecified atom stereocenters. The summed E-state index contributed by atoms with van der Waals surface area (Å²) in [6.45, 7) is 8.60. The molecule has 1 saturated heterocycles. The van der Waals surface area contributed by atoms with E-state index in [1.165, 1.54) is 12.8 Å². The number of nitrogens with one attached hydrogen (secondary N) is 3. The molecule has 0 radical (unpaired) electrons. The van der Waals surface area contributed by atoms with Crippen molar-refractivity contribution in [2.45, 2.75) is 52.5 Å². The third-order valence-electron chi connectivity index (χ3n) is 3.97. The molecular formula is C15H29N3O2. The highest BCUT2D eigenvalue weighted by Crippen LogP contribution is 2.22. The van der Waals surface area contributed by atoms with E-state index < -0.39 is 6.04 Å². The van der Waals surface area contributed by atoms with Crippen LogP contribution in [0.1, 0.15) is 46.5 Å². The third-order valence-corrected chi connectivity index (χ3v) is 3.97. The molecule has 0 aromatic heterocycles. The van der Waals surface area contributed by atoms with Crippen molar-refractivity contribution in [3.63, 3.8) is 0 Å². The van der Waals surface area contributed by atoms with Gasteiger partial charge < -0.3 is 16.0 Å². The second-order valence-corrected chi connectivity index (χ2v) is 5.87. The van der Waals surface area contributed by atoms with Crippen LogP contribution in [0.5, 0.6) is 0 Å². The number of carbonyl (C=O) groups is 2. The highest BCUT2D eigenvalue weighted by atomic mass is 16.2. The van der Waals surface area contributed by atoms with Crippen LogP contribution >= 0.6 is 0 Å². The van der Waals surface area contributed by atoms with Crippen molar-refractivity contribution in [2.75, 3.05) is 19.6 Å². The van der Waals surface area contributed by atoms with Crippen molar-refractivity contribution in [1.82, 2.24) is 16.0 Å². The number of hydrogen-bond acceptors (Lipinski definition) is 3. The summed E-state index contributed by atoms with van der Waals surface area (Å²) in [6, 6.07) is -0.453. The van der Waals surface area contributed by atoms with Gasteiger partial charge in [0.2, 0.25) is 11.8 Å². The molecule has 1 aliphatic heterocycles. The van der Waals surface area contributed by atoms with E-state index in [1.807, 2.05) is 6.92 Å². The fourth-order valence-corrected chi connectivity index (χ4v) is 2.59. The molecule has 0 aliphatic carbocycles. The maximum Gasteiger partial charge on any atom is 0.242 e. The van der Waals surface area contributed by atoms with Crippen LogP contribution in [-0.2, 0) is 9.59 Å².